The van der Waals surface area contributed by atoms with Crippen molar-refractivity contribution < 1.29 is 19.0 Å². The van der Waals surface area contributed by atoms with Crippen LogP contribution >= 0.6 is 0 Å². The van der Waals surface area contributed by atoms with Crippen molar-refractivity contribution in [3.63, 3.8) is 0 Å². The Labute approximate surface area is 211 Å². The maximum absolute atomic E-state index is 13.5. The Bertz CT molecular complexity index is 1210. The van der Waals surface area contributed by atoms with Crippen LogP contribution in [-0.2, 0) is 24.8 Å². The first-order valence-corrected chi connectivity index (χ1v) is 12.0. The van der Waals surface area contributed by atoms with E-state index < -0.39 is 6.10 Å². The fourth-order valence-corrected chi connectivity index (χ4v) is 4.19. The molecule has 0 saturated carbocycles. The average Bonchev–Trinajstić information content (AvgIpc) is 3.19. The number of methoxy groups -OCH3 is 1. The minimum Gasteiger partial charge on any atom is -0.439 e. The highest BCUT2D eigenvalue weighted by Crippen LogP contribution is 2.34. The van der Waals surface area contributed by atoms with E-state index in [4.69, 9.17) is 14.6 Å². The Morgan fingerprint density at radius 2 is 1.64 bits per heavy atom. The molecule has 3 aromatic carbocycles. The number of rotatable bonds is 12. The van der Waals surface area contributed by atoms with Crippen molar-refractivity contribution in [2.75, 3.05) is 26.8 Å². The van der Waals surface area contributed by atoms with E-state index in [0.29, 0.717) is 44.3 Å². The van der Waals surface area contributed by atoms with Crippen LogP contribution < -0.4 is 4.74 Å². The fraction of sp³-hybridized carbons (Fsp3) is 0.276. The molecule has 4 aromatic rings. The average molecular weight is 490 g/mol. The Balaban J connectivity index is 1.64. The molecule has 0 spiro atoms. The topological polar surface area (TPSA) is 59.8 Å². The Hall–Kier alpha value is -3.52. The van der Waals surface area contributed by atoms with Gasteiger partial charge in [0.25, 0.3) is 0 Å². The zero-order valence-corrected chi connectivity index (χ0v) is 20.7. The van der Waals surface area contributed by atoms with Gasteiger partial charge in [0.15, 0.2) is 0 Å². The van der Waals surface area contributed by atoms with Crippen LogP contribution in [0.15, 0.2) is 84.9 Å². The summed E-state index contributed by atoms with van der Waals surface area (Å²) in [7, 11) is 3.50. The van der Waals surface area contributed by atoms with Gasteiger partial charge < -0.3 is 14.6 Å². The number of halogens is 1. The third-order valence-corrected chi connectivity index (χ3v) is 5.94. The highest BCUT2D eigenvalue weighted by Gasteiger charge is 2.23. The molecule has 188 valence electrons. The van der Waals surface area contributed by atoms with Crippen LogP contribution in [0, 0.1) is 5.82 Å². The fourth-order valence-electron chi connectivity index (χ4n) is 4.19. The molecule has 0 aliphatic carbocycles. The molecule has 1 heterocycles. The number of nitrogens with zero attached hydrogens (tertiary/aromatic N) is 3. The zero-order chi connectivity index (χ0) is 25.3. The number of aryl methyl sites for hydroxylation is 1. The van der Waals surface area contributed by atoms with Crippen LogP contribution in [0.2, 0.25) is 0 Å². The minimum absolute atomic E-state index is 0.323. The number of aliphatic hydroxyl groups is 1. The number of benzene rings is 3. The van der Waals surface area contributed by atoms with Crippen molar-refractivity contribution in [3.8, 4) is 22.9 Å². The number of aliphatic hydroxyl groups excluding tert-OH is 1. The molecule has 1 aromatic heterocycles. The third-order valence-electron chi connectivity index (χ3n) is 5.94. The number of aromatic nitrogens is 2. The van der Waals surface area contributed by atoms with Gasteiger partial charge in [-0.2, -0.15) is 5.10 Å². The number of hydrogen-bond donors (Lipinski definition) is 1. The van der Waals surface area contributed by atoms with E-state index >= 15 is 0 Å². The second-order valence-corrected chi connectivity index (χ2v) is 8.75. The first kappa shape index (κ1) is 25.6. The predicted octanol–water partition coefficient (Wildman–Crippen LogP) is 5.07. The normalized spacial score (nSPS) is 12.1. The summed E-state index contributed by atoms with van der Waals surface area (Å²) in [6.07, 6.45) is 0.00421. The molecular formula is C29H32FN3O3. The largest absolute Gasteiger partial charge is 0.439 e. The standard InChI is InChI=1S/C29H32FN3O3/c1-32-29(36-26-15-13-24(30)14-16-26)27(28(31-32)23-11-7-4-8-12-23)21-33(17-18-35-2)20-25(34)19-22-9-5-3-6-10-22/h3-16,25,34H,17-21H2,1-2H3. The monoisotopic (exact) mass is 489 g/mol. The molecule has 0 aliphatic heterocycles. The highest BCUT2D eigenvalue weighted by atomic mass is 19.1. The lowest BCUT2D eigenvalue weighted by molar-refractivity contribution is 0.0848. The minimum atomic E-state index is -0.553. The van der Waals surface area contributed by atoms with E-state index in [9.17, 15) is 9.50 Å². The second kappa shape index (κ2) is 12.4. The molecule has 6 nitrogen and oxygen atoms in total. The molecule has 0 fully saturated rings. The molecule has 0 aliphatic rings. The number of hydrogen-bond acceptors (Lipinski definition) is 5. The van der Waals surface area contributed by atoms with Gasteiger partial charge in [0, 0.05) is 39.4 Å². The van der Waals surface area contributed by atoms with Gasteiger partial charge in [0.1, 0.15) is 17.3 Å². The van der Waals surface area contributed by atoms with Crippen molar-refractivity contribution in [1.29, 1.82) is 0 Å². The lowest BCUT2D eigenvalue weighted by Gasteiger charge is -2.25. The van der Waals surface area contributed by atoms with Crippen LogP contribution in [0.4, 0.5) is 4.39 Å². The van der Waals surface area contributed by atoms with Crippen LogP contribution in [0.1, 0.15) is 11.1 Å². The third kappa shape index (κ3) is 6.79. The lowest BCUT2D eigenvalue weighted by Crippen LogP contribution is -2.35. The van der Waals surface area contributed by atoms with E-state index in [1.165, 1.54) is 12.1 Å². The van der Waals surface area contributed by atoms with Gasteiger partial charge in [0.05, 0.1) is 18.3 Å². The van der Waals surface area contributed by atoms with Crippen LogP contribution in [0.5, 0.6) is 11.6 Å². The van der Waals surface area contributed by atoms with E-state index in [-0.39, 0.29) is 5.82 Å². The van der Waals surface area contributed by atoms with Crippen molar-refractivity contribution >= 4 is 0 Å². The Morgan fingerprint density at radius 3 is 2.31 bits per heavy atom. The molecule has 36 heavy (non-hydrogen) atoms. The summed E-state index contributed by atoms with van der Waals surface area (Å²) >= 11 is 0. The summed E-state index contributed by atoms with van der Waals surface area (Å²) < 4.78 is 26.7. The van der Waals surface area contributed by atoms with E-state index in [0.717, 1.165) is 22.4 Å². The van der Waals surface area contributed by atoms with Crippen molar-refractivity contribution in [3.05, 3.63) is 102 Å². The molecule has 0 saturated heterocycles. The SMILES string of the molecule is COCCN(Cc1c(-c2ccccc2)nn(C)c1Oc1ccc(F)cc1)CC(O)Cc1ccccc1. The molecule has 7 heteroatoms. The maximum atomic E-state index is 13.5. The Morgan fingerprint density at radius 1 is 0.972 bits per heavy atom. The van der Waals surface area contributed by atoms with Crippen LogP contribution in [-0.4, -0.2) is 52.7 Å². The van der Waals surface area contributed by atoms with Gasteiger partial charge in [-0.15, -0.1) is 0 Å². The summed E-state index contributed by atoms with van der Waals surface area (Å²) in [6, 6.07) is 25.8. The van der Waals surface area contributed by atoms with Crippen molar-refractivity contribution in [2.24, 2.45) is 7.05 Å². The zero-order valence-electron chi connectivity index (χ0n) is 20.7. The highest BCUT2D eigenvalue weighted by molar-refractivity contribution is 5.65. The maximum Gasteiger partial charge on any atom is 0.222 e. The van der Waals surface area contributed by atoms with E-state index in [1.54, 1.807) is 23.9 Å². The summed E-state index contributed by atoms with van der Waals surface area (Å²) in [4.78, 5) is 2.15. The lowest BCUT2D eigenvalue weighted by atomic mass is 10.1. The summed E-state index contributed by atoms with van der Waals surface area (Å²) in [5.74, 6) is 0.768. The van der Waals surface area contributed by atoms with Gasteiger partial charge in [-0.3, -0.25) is 4.90 Å². The van der Waals surface area contributed by atoms with E-state index in [2.05, 4.69) is 4.90 Å². The molecule has 0 amide bonds. The van der Waals surface area contributed by atoms with Crippen molar-refractivity contribution in [2.45, 2.75) is 19.1 Å². The molecule has 1 N–H and O–H groups in total. The number of ether oxygens (including phenoxy) is 2. The molecule has 1 atom stereocenters. The molecular weight excluding hydrogens is 457 g/mol. The Kier molecular flexibility index (Phi) is 8.84. The van der Waals surface area contributed by atoms with Gasteiger partial charge in [0.2, 0.25) is 5.88 Å². The molecule has 4 rings (SSSR count). The van der Waals surface area contributed by atoms with Gasteiger partial charge in [-0.05, 0) is 36.2 Å². The molecule has 1 unspecified atom stereocenters. The molecule has 0 radical (unpaired) electrons. The van der Waals surface area contributed by atoms with Gasteiger partial charge >= 0.3 is 0 Å². The molecule has 0 bridgehead atoms. The second-order valence-electron chi connectivity index (χ2n) is 8.75. The van der Waals surface area contributed by atoms with Crippen LogP contribution in [0.25, 0.3) is 11.3 Å². The predicted molar refractivity (Wildman–Crippen MR) is 138 cm³/mol. The smallest absolute Gasteiger partial charge is 0.222 e. The van der Waals surface area contributed by atoms with E-state index in [1.807, 2.05) is 67.7 Å². The van der Waals surface area contributed by atoms with Gasteiger partial charge in [-0.1, -0.05) is 60.7 Å². The summed E-state index contributed by atoms with van der Waals surface area (Å²) in [5.41, 5.74) is 3.74. The summed E-state index contributed by atoms with van der Waals surface area (Å²) in [6.45, 7) is 2.09. The van der Waals surface area contributed by atoms with Gasteiger partial charge in [-0.25, -0.2) is 9.07 Å². The van der Waals surface area contributed by atoms with Crippen molar-refractivity contribution in [1.82, 2.24) is 14.7 Å². The first-order chi connectivity index (χ1) is 17.5. The van der Waals surface area contributed by atoms with Crippen LogP contribution in [0.3, 0.4) is 0 Å². The quantitative estimate of drug-likeness (QED) is 0.301. The summed E-state index contributed by atoms with van der Waals surface area (Å²) in [5, 5.41) is 15.7. The first-order valence-electron chi connectivity index (χ1n) is 12.0.